The number of anilines is 4. The van der Waals surface area contributed by atoms with Crippen LogP contribution in [0.25, 0.3) is 0 Å². The number of carbonyl (C=O) groups is 1. The van der Waals surface area contributed by atoms with Gasteiger partial charge < -0.3 is 14.7 Å². The van der Waals surface area contributed by atoms with Crippen molar-refractivity contribution >= 4 is 29.0 Å². The fraction of sp³-hybridized carbons (Fsp3) is 0.522. The number of benzene rings is 1. The van der Waals surface area contributed by atoms with Gasteiger partial charge in [0, 0.05) is 25.3 Å². The Morgan fingerprint density at radius 1 is 1.17 bits per heavy atom. The molecule has 152 valence electrons. The van der Waals surface area contributed by atoms with Crippen molar-refractivity contribution in [2.75, 3.05) is 28.3 Å². The number of likely N-dealkylation sites (N-methyl/N-ethyl adjacent to an activating group) is 1. The van der Waals surface area contributed by atoms with Crippen LogP contribution in [-0.2, 0) is 11.2 Å². The van der Waals surface area contributed by atoms with E-state index in [4.69, 9.17) is 4.98 Å². The van der Waals surface area contributed by atoms with Crippen LogP contribution in [0.3, 0.4) is 0 Å². The van der Waals surface area contributed by atoms with Gasteiger partial charge in [0.25, 0.3) is 0 Å². The van der Waals surface area contributed by atoms with Crippen LogP contribution in [-0.4, -0.2) is 41.6 Å². The molecule has 0 bridgehead atoms. The van der Waals surface area contributed by atoms with Crippen molar-refractivity contribution in [2.24, 2.45) is 0 Å². The van der Waals surface area contributed by atoms with Gasteiger partial charge >= 0.3 is 0 Å². The highest BCUT2D eigenvalue weighted by Crippen LogP contribution is 2.41. The van der Waals surface area contributed by atoms with Crippen molar-refractivity contribution < 1.29 is 4.79 Å². The Bertz CT molecular complexity index is 952. The summed E-state index contributed by atoms with van der Waals surface area (Å²) in [5, 5.41) is 0. The van der Waals surface area contributed by atoms with Gasteiger partial charge in [-0.2, -0.15) is 4.98 Å². The van der Waals surface area contributed by atoms with Crippen LogP contribution < -0.4 is 14.7 Å². The predicted octanol–water partition coefficient (Wildman–Crippen LogP) is 3.98. The van der Waals surface area contributed by atoms with Crippen LogP contribution in [0, 0.1) is 6.92 Å². The number of aryl methyl sites for hydroxylation is 1. The summed E-state index contributed by atoms with van der Waals surface area (Å²) >= 11 is 0. The smallest absolute Gasteiger partial charge is 0.249 e. The molecule has 0 radical (unpaired) electrons. The van der Waals surface area contributed by atoms with E-state index >= 15 is 0 Å². The highest BCUT2D eigenvalue weighted by atomic mass is 16.2. The Kier molecular flexibility index (Phi) is 4.45. The van der Waals surface area contributed by atoms with E-state index in [1.165, 1.54) is 29.7 Å². The lowest BCUT2D eigenvalue weighted by Crippen LogP contribution is -2.55. The molecule has 0 saturated heterocycles. The van der Waals surface area contributed by atoms with Crippen LogP contribution in [0.4, 0.5) is 23.1 Å². The van der Waals surface area contributed by atoms with Gasteiger partial charge in [0.2, 0.25) is 11.9 Å². The van der Waals surface area contributed by atoms with Gasteiger partial charge in [0.05, 0.1) is 6.20 Å². The SMILES string of the molecule is CC[C@@H]1C(=O)N(C)c2cnc(N3CCc4cc(C)ccc43)nc2N1C1CCCC1. The van der Waals surface area contributed by atoms with Gasteiger partial charge in [-0.15, -0.1) is 0 Å². The molecule has 6 heteroatoms. The Morgan fingerprint density at radius 2 is 1.97 bits per heavy atom. The van der Waals surface area contributed by atoms with Gasteiger partial charge in [-0.1, -0.05) is 37.5 Å². The Hall–Kier alpha value is -2.63. The van der Waals surface area contributed by atoms with E-state index in [2.05, 4.69) is 46.8 Å². The number of carbonyl (C=O) groups excluding carboxylic acids is 1. The second kappa shape index (κ2) is 7.01. The van der Waals surface area contributed by atoms with E-state index in [1.54, 1.807) is 4.90 Å². The monoisotopic (exact) mass is 391 g/mol. The summed E-state index contributed by atoms with van der Waals surface area (Å²) in [6, 6.07) is 6.86. The van der Waals surface area contributed by atoms with Gasteiger partial charge in [0.1, 0.15) is 11.7 Å². The topological polar surface area (TPSA) is 52.6 Å². The minimum Gasteiger partial charge on any atom is -0.340 e. The Labute approximate surface area is 172 Å². The summed E-state index contributed by atoms with van der Waals surface area (Å²) < 4.78 is 0. The first-order valence-electron chi connectivity index (χ1n) is 10.9. The quantitative estimate of drug-likeness (QED) is 0.792. The van der Waals surface area contributed by atoms with Crippen LogP contribution >= 0.6 is 0 Å². The fourth-order valence-electron chi connectivity index (χ4n) is 5.24. The molecule has 0 spiro atoms. The molecular weight excluding hydrogens is 362 g/mol. The van der Waals surface area contributed by atoms with Crippen molar-refractivity contribution in [1.29, 1.82) is 0 Å². The zero-order valence-electron chi connectivity index (χ0n) is 17.6. The van der Waals surface area contributed by atoms with Gasteiger partial charge in [-0.25, -0.2) is 4.98 Å². The van der Waals surface area contributed by atoms with E-state index < -0.39 is 0 Å². The summed E-state index contributed by atoms with van der Waals surface area (Å²) in [6.07, 6.45) is 8.39. The van der Waals surface area contributed by atoms with E-state index in [-0.39, 0.29) is 11.9 Å². The first-order chi connectivity index (χ1) is 14.1. The second-order valence-corrected chi connectivity index (χ2v) is 8.58. The zero-order valence-corrected chi connectivity index (χ0v) is 17.6. The van der Waals surface area contributed by atoms with Crippen molar-refractivity contribution in [3.05, 3.63) is 35.5 Å². The third kappa shape index (κ3) is 2.88. The Balaban J connectivity index is 1.59. The maximum absolute atomic E-state index is 13.0. The van der Waals surface area contributed by atoms with Crippen molar-refractivity contribution in [3.8, 4) is 0 Å². The predicted molar refractivity (Wildman–Crippen MR) is 116 cm³/mol. The van der Waals surface area contributed by atoms with Gasteiger partial charge in [-0.3, -0.25) is 4.79 Å². The largest absolute Gasteiger partial charge is 0.340 e. The molecule has 1 saturated carbocycles. The first-order valence-corrected chi connectivity index (χ1v) is 10.9. The normalized spacial score (nSPS) is 21.7. The summed E-state index contributed by atoms with van der Waals surface area (Å²) in [5.41, 5.74) is 4.68. The number of rotatable bonds is 3. The average Bonchev–Trinajstić information content (AvgIpc) is 3.39. The van der Waals surface area contributed by atoms with Crippen LogP contribution in [0.15, 0.2) is 24.4 Å². The minimum absolute atomic E-state index is 0.133. The first kappa shape index (κ1) is 18.4. The highest BCUT2D eigenvalue weighted by Gasteiger charge is 2.41. The number of hydrogen-bond donors (Lipinski definition) is 0. The van der Waals surface area contributed by atoms with Crippen molar-refractivity contribution in [1.82, 2.24) is 9.97 Å². The molecule has 6 nitrogen and oxygen atoms in total. The van der Waals surface area contributed by atoms with Crippen LogP contribution in [0.5, 0.6) is 0 Å². The molecule has 5 rings (SSSR count). The van der Waals surface area contributed by atoms with Crippen molar-refractivity contribution in [3.63, 3.8) is 0 Å². The van der Waals surface area contributed by atoms with Crippen LogP contribution in [0.2, 0.25) is 0 Å². The second-order valence-electron chi connectivity index (χ2n) is 8.58. The lowest BCUT2D eigenvalue weighted by atomic mass is 10.0. The summed E-state index contributed by atoms with van der Waals surface area (Å²) in [5.74, 6) is 1.83. The summed E-state index contributed by atoms with van der Waals surface area (Å²) in [4.78, 5) is 29.1. The van der Waals surface area contributed by atoms with Gasteiger partial charge in [0.15, 0.2) is 5.82 Å². The van der Waals surface area contributed by atoms with Gasteiger partial charge in [-0.05, 0) is 44.2 Å². The lowest BCUT2D eigenvalue weighted by molar-refractivity contribution is -0.120. The molecule has 2 aromatic rings. The summed E-state index contributed by atoms with van der Waals surface area (Å²) in [6.45, 7) is 5.13. The molecule has 1 atom stereocenters. The molecule has 1 aromatic carbocycles. The number of fused-ring (bicyclic) bond motifs is 2. The Morgan fingerprint density at radius 3 is 2.72 bits per heavy atom. The van der Waals surface area contributed by atoms with E-state index in [9.17, 15) is 4.79 Å². The van der Waals surface area contributed by atoms with E-state index in [0.29, 0.717) is 6.04 Å². The number of nitrogens with zero attached hydrogens (tertiary/aromatic N) is 5. The number of hydrogen-bond acceptors (Lipinski definition) is 5. The third-order valence-corrected chi connectivity index (χ3v) is 6.77. The molecule has 1 amide bonds. The molecule has 1 aliphatic carbocycles. The maximum atomic E-state index is 13.0. The molecule has 3 aliphatic rings. The van der Waals surface area contributed by atoms with Crippen LogP contribution in [0.1, 0.15) is 50.2 Å². The molecule has 0 unspecified atom stereocenters. The van der Waals surface area contributed by atoms with E-state index in [1.807, 2.05) is 13.2 Å². The molecular formula is C23H29N5O. The molecule has 2 aliphatic heterocycles. The third-order valence-electron chi connectivity index (χ3n) is 6.77. The standard InChI is InChI=1S/C23H29N5O/c1-4-18-22(29)26(3)20-14-24-23(25-21(20)28(18)17-7-5-6-8-17)27-12-11-16-13-15(2)9-10-19(16)27/h9-10,13-14,17-18H,4-8,11-12H2,1-3H3/t18-/m1/s1. The number of aromatic nitrogens is 2. The van der Waals surface area contributed by atoms with E-state index in [0.717, 1.165) is 49.7 Å². The highest BCUT2D eigenvalue weighted by molar-refractivity contribution is 6.04. The molecule has 1 fully saturated rings. The molecule has 29 heavy (non-hydrogen) atoms. The number of amides is 1. The maximum Gasteiger partial charge on any atom is 0.249 e. The zero-order chi connectivity index (χ0) is 20.1. The molecule has 3 heterocycles. The summed E-state index contributed by atoms with van der Waals surface area (Å²) in [7, 11) is 1.85. The minimum atomic E-state index is -0.133. The van der Waals surface area contributed by atoms with Crippen molar-refractivity contribution in [2.45, 2.75) is 64.5 Å². The fourth-order valence-corrected chi connectivity index (χ4v) is 5.24. The molecule has 1 aromatic heterocycles. The molecule has 0 N–H and O–H groups in total. The lowest BCUT2D eigenvalue weighted by Gasteiger charge is -2.43. The average molecular weight is 392 g/mol.